The number of rotatable bonds is 14. The van der Waals surface area contributed by atoms with Gasteiger partial charge in [0.05, 0.1) is 32.0 Å². The van der Waals surface area contributed by atoms with Gasteiger partial charge in [-0.25, -0.2) is 0 Å². The molecule has 262 valence electrons. The van der Waals surface area contributed by atoms with Crippen molar-refractivity contribution in [3.8, 4) is 11.1 Å². The molecule has 10 heteroatoms. The molecule has 3 fully saturated rings. The highest BCUT2D eigenvalue weighted by Gasteiger charge is 2.41. The molecular formula is C39H48N2O8. The van der Waals surface area contributed by atoms with Crippen molar-refractivity contribution in [1.29, 1.82) is 0 Å². The van der Waals surface area contributed by atoms with E-state index in [9.17, 15) is 14.7 Å². The number of benzene rings is 3. The van der Waals surface area contributed by atoms with Crippen LogP contribution in [0.15, 0.2) is 72.8 Å². The van der Waals surface area contributed by atoms with Crippen LogP contribution in [0.2, 0.25) is 0 Å². The van der Waals surface area contributed by atoms with E-state index in [-0.39, 0.29) is 31.1 Å². The highest BCUT2D eigenvalue weighted by Crippen LogP contribution is 2.39. The lowest BCUT2D eigenvalue weighted by atomic mass is 9.98. The van der Waals surface area contributed by atoms with Crippen molar-refractivity contribution in [1.82, 2.24) is 10.2 Å². The number of unbranched alkanes of at least 4 members (excludes halogenated alkanes) is 2. The van der Waals surface area contributed by atoms with Crippen LogP contribution in [0, 0.1) is 0 Å². The molecule has 6 rings (SSSR count). The topological polar surface area (TPSA) is 127 Å². The summed E-state index contributed by atoms with van der Waals surface area (Å²) >= 11 is 0. The number of nitrogens with zero attached hydrogens (tertiary/aromatic N) is 1. The molecule has 3 aliphatic heterocycles. The van der Waals surface area contributed by atoms with Gasteiger partial charge in [-0.1, -0.05) is 73.2 Å². The largest absolute Gasteiger partial charge is 0.481 e. The minimum absolute atomic E-state index is 0.00547. The molecule has 0 aliphatic carbocycles. The zero-order chi connectivity index (χ0) is 34.1. The first kappa shape index (κ1) is 35.2. The summed E-state index contributed by atoms with van der Waals surface area (Å²) < 4.78 is 25.1. The van der Waals surface area contributed by atoms with Gasteiger partial charge in [-0.2, -0.15) is 0 Å². The highest BCUT2D eigenvalue weighted by atomic mass is 16.7. The van der Waals surface area contributed by atoms with Gasteiger partial charge in [-0.3, -0.25) is 9.59 Å². The smallest absolute Gasteiger partial charge is 0.303 e. The van der Waals surface area contributed by atoms with E-state index >= 15 is 0 Å². The molecule has 3 aromatic carbocycles. The number of aliphatic hydroxyl groups excluding tert-OH is 1. The number of aliphatic carboxylic acids is 1. The van der Waals surface area contributed by atoms with Crippen LogP contribution < -0.4 is 5.32 Å². The van der Waals surface area contributed by atoms with Gasteiger partial charge in [0.2, 0.25) is 5.91 Å². The van der Waals surface area contributed by atoms with Crippen LogP contribution >= 0.6 is 0 Å². The number of carboxylic acids is 1. The maximum absolute atomic E-state index is 12.3. The summed E-state index contributed by atoms with van der Waals surface area (Å²) in [4.78, 5) is 25.4. The molecule has 3 saturated heterocycles. The van der Waals surface area contributed by atoms with Crippen LogP contribution in [0.1, 0.15) is 86.0 Å². The second-order valence-electron chi connectivity index (χ2n) is 13.3. The molecule has 3 heterocycles. The van der Waals surface area contributed by atoms with Gasteiger partial charge in [0, 0.05) is 63.8 Å². The van der Waals surface area contributed by atoms with E-state index in [1.807, 2.05) is 36.4 Å². The number of piperidine rings is 1. The lowest BCUT2D eigenvalue weighted by Gasteiger charge is -2.41. The third kappa shape index (κ3) is 9.75. The minimum Gasteiger partial charge on any atom is -0.481 e. The first-order valence-electron chi connectivity index (χ1n) is 17.6. The monoisotopic (exact) mass is 672 g/mol. The molecular weight excluding hydrogens is 624 g/mol. The molecule has 0 unspecified atom stereocenters. The van der Waals surface area contributed by atoms with Gasteiger partial charge in [0.25, 0.3) is 0 Å². The van der Waals surface area contributed by atoms with Crippen LogP contribution in [-0.4, -0.2) is 71.7 Å². The Kier molecular flexibility index (Phi) is 12.1. The Morgan fingerprint density at radius 3 is 2.24 bits per heavy atom. The molecule has 1 spiro atoms. The Bertz CT molecular complexity index is 1510. The SMILES string of the molecule is O=C(O)CCCCCC(=O)NCc1cccc(-c2ccc([C@H]3O[C@@H](CN4CCC5(CC4)OCCO5)C[C@@H](c4ccc(CO)cc4)O3)cc2)c1. The molecule has 3 aromatic rings. The average molecular weight is 673 g/mol. The Morgan fingerprint density at radius 2 is 1.53 bits per heavy atom. The summed E-state index contributed by atoms with van der Waals surface area (Å²) in [5.74, 6) is -1.24. The molecule has 10 nitrogen and oxygen atoms in total. The number of carbonyl (C=O) groups is 2. The number of likely N-dealkylation sites (tertiary alicyclic amines) is 1. The molecule has 0 radical (unpaired) electrons. The van der Waals surface area contributed by atoms with E-state index < -0.39 is 18.0 Å². The second-order valence-corrected chi connectivity index (χ2v) is 13.3. The maximum Gasteiger partial charge on any atom is 0.303 e. The van der Waals surface area contributed by atoms with Gasteiger partial charge < -0.3 is 39.4 Å². The molecule has 0 saturated carbocycles. The maximum atomic E-state index is 12.3. The second kappa shape index (κ2) is 16.8. The van der Waals surface area contributed by atoms with Gasteiger partial charge in [0.1, 0.15) is 0 Å². The minimum atomic E-state index is -0.800. The fraction of sp³-hybridized carbons (Fsp3) is 0.487. The fourth-order valence-electron chi connectivity index (χ4n) is 6.90. The zero-order valence-corrected chi connectivity index (χ0v) is 28.1. The summed E-state index contributed by atoms with van der Waals surface area (Å²) in [6.07, 6.45) is 4.28. The molecule has 0 bridgehead atoms. The number of carboxylic acid groups (broad SMARTS) is 1. The van der Waals surface area contributed by atoms with E-state index in [4.69, 9.17) is 24.1 Å². The number of hydrogen-bond donors (Lipinski definition) is 3. The van der Waals surface area contributed by atoms with Crippen molar-refractivity contribution in [2.24, 2.45) is 0 Å². The van der Waals surface area contributed by atoms with Crippen molar-refractivity contribution < 1.29 is 38.7 Å². The van der Waals surface area contributed by atoms with E-state index in [1.165, 1.54) is 0 Å². The van der Waals surface area contributed by atoms with Crippen LogP contribution in [-0.2, 0) is 41.7 Å². The average Bonchev–Trinajstić information content (AvgIpc) is 3.59. The van der Waals surface area contributed by atoms with Crippen molar-refractivity contribution in [2.45, 2.75) is 88.8 Å². The van der Waals surface area contributed by atoms with Crippen LogP contribution in [0.5, 0.6) is 0 Å². The Morgan fingerprint density at radius 1 is 0.816 bits per heavy atom. The first-order chi connectivity index (χ1) is 23.9. The lowest BCUT2D eigenvalue weighted by molar-refractivity contribution is -0.255. The van der Waals surface area contributed by atoms with Gasteiger partial charge in [-0.05, 0) is 46.7 Å². The van der Waals surface area contributed by atoms with Crippen molar-refractivity contribution in [3.63, 3.8) is 0 Å². The van der Waals surface area contributed by atoms with E-state index in [1.54, 1.807) is 0 Å². The Labute approximate surface area is 288 Å². The van der Waals surface area contributed by atoms with E-state index in [0.29, 0.717) is 39.0 Å². The molecule has 3 N–H and O–H groups in total. The van der Waals surface area contributed by atoms with Crippen LogP contribution in [0.25, 0.3) is 11.1 Å². The number of hydrogen-bond acceptors (Lipinski definition) is 8. The predicted molar refractivity (Wildman–Crippen MR) is 183 cm³/mol. The number of amides is 1. The molecule has 0 aromatic heterocycles. The standard InChI is InChI=1S/C39H48N2O8/c42-27-28-9-11-31(12-10-28)35-24-34(26-41-19-17-39(18-20-41)46-21-22-47-39)48-38(49-35)32-15-13-30(14-16-32)33-6-4-5-29(23-33)25-40-36(43)7-2-1-3-8-37(44)45/h4-6,9-16,23,34-35,38,42H,1-3,7-8,17-22,24-27H2,(H,40,43)(H,44,45)/t34-,35+,38+/m1/s1. The highest BCUT2D eigenvalue weighted by molar-refractivity contribution is 5.76. The summed E-state index contributed by atoms with van der Waals surface area (Å²) in [5.41, 5.74) is 6.00. The van der Waals surface area contributed by atoms with Crippen molar-refractivity contribution in [3.05, 3.63) is 95.1 Å². The number of nitrogens with one attached hydrogen (secondary N) is 1. The zero-order valence-electron chi connectivity index (χ0n) is 28.1. The fourth-order valence-corrected chi connectivity index (χ4v) is 6.90. The van der Waals surface area contributed by atoms with Crippen LogP contribution in [0.4, 0.5) is 0 Å². The molecule has 3 aliphatic rings. The molecule has 3 atom stereocenters. The Hall–Kier alpha value is -3.64. The molecule has 1 amide bonds. The molecule has 49 heavy (non-hydrogen) atoms. The first-order valence-corrected chi connectivity index (χ1v) is 17.6. The van der Waals surface area contributed by atoms with Crippen LogP contribution in [0.3, 0.4) is 0 Å². The number of ether oxygens (including phenoxy) is 4. The van der Waals surface area contributed by atoms with Gasteiger partial charge in [0.15, 0.2) is 12.1 Å². The summed E-state index contributed by atoms with van der Waals surface area (Å²) in [5, 5.41) is 21.3. The lowest BCUT2D eigenvalue weighted by Crippen LogP contribution is -2.48. The third-order valence-electron chi connectivity index (χ3n) is 9.74. The third-order valence-corrected chi connectivity index (χ3v) is 9.74. The van der Waals surface area contributed by atoms with Crippen molar-refractivity contribution >= 4 is 11.9 Å². The number of carbonyl (C=O) groups excluding carboxylic acids is 1. The number of aliphatic hydroxyl groups is 1. The Balaban J connectivity index is 1.08. The van der Waals surface area contributed by atoms with Crippen molar-refractivity contribution in [2.75, 3.05) is 32.8 Å². The quantitative estimate of drug-likeness (QED) is 0.180. The summed E-state index contributed by atoms with van der Waals surface area (Å²) in [6.45, 7) is 4.37. The summed E-state index contributed by atoms with van der Waals surface area (Å²) in [7, 11) is 0. The van der Waals surface area contributed by atoms with Gasteiger partial charge >= 0.3 is 5.97 Å². The van der Waals surface area contributed by atoms with E-state index in [0.717, 1.165) is 78.7 Å². The summed E-state index contributed by atoms with van der Waals surface area (Å²) in [6, 6.07) is 24.4. The normalized spacial score (nSPS) is 22.3. The predicted octanol–water partition coefficient (Wildman–Crippen LogP) is 5.88. The van der Waals surface area contributed by atoms with E-state index in [2.05, 4.69) is 46.6 Å². The van der Waals surface area contributed by atoms with Gasteiger partial charge in [-0.15, -0.1) is 0 Å².